The lowest BCUT2D eigenvalue weighted by molar-refractivity contribution is 0.251. The molecule has 0 aliphatic rings. The Morgan fingerprint density at radius 2 is 1.89 bits per heavy atom. The van der Waals surface area contributed by atoms with Crippen LogP contribution in [-0.4, -0.2) is 24.7 Å². The highest BCUT2D eigenvalue weighted by Gasteiger charge is 2.13. The van der Waals surface area contributed by atoms with Crippen LogP contribution < -0.4 is 20.1 Å². The highest BCUT2D eigenvalue weighted by molar-refractivity contribution is 5.90. The molecule has 7 nitrogen and oxygen atoms in total. The number of hydrogen-bond acceptors (Lipinski definition) is 5. The molecule has 7 heteroatoms. The fraction of sp³-hybridized carbons (Fsp3) is 0.238. The molecule has 0 spiro atoms. The summed E-state index contributed by atoms with van der Waals surface area (Å²) in [6.45, 7) is 4.48. The fourth-order valence-corrected chi connectivity index (χ4v) is 2.63. The molecule has 2 N–H and O–H groups in total. The Morgan fingerprint density at radius 3 is 2.61 bits per heavy atom. The van der Waals surface area contributed by atoms with Gasteiger partial charge in [-0.05, 0) is 50.2 Å². The maximum absolute atomic E-state index is 12.3. The van der Waals surface area contributed by atoms with Gasteiger partial charge in [-0.1, -0.05) is 12.1 Å². The predicted octanol–water partition coefficient (Wildman–Crippen LogP) is 4.38. The van der Waals surface area contributed by atoms with Crippen LogP contribution in [0.4, 0.5) is 10.5 Å². The molecule has 1 heterocycles. The van der Waals surface area contributed by atoms with Crippen molar-refractivity contribution in [3.8, 4) is 23.0 Å². The first-order valence-electron chi connectivity index (χ1n) is 8.98. The molecule has 146 valence electrons. The number of anilines is 1. The van der Waals surface area contributed by atoms with Crippen molar-refractivity contribution in [3.63, 3.8) is 0 Å². The number of carbonyl (C=O) groups excluding carboxylic acids is 1. The Hall–Kier alpha value is -3.48. The van der Waals surface area contributed by atoms with Crippen molar-refractivity contribution >= 4 is 11.7 Å². The third-order valence-corrected chi connectivity index (χ3v) is 4.08. The average Bonchev–Trinajstić information content (AvgIpc) is 3.09. The molecule has 3 aromatic rings. The van der Waals surface area contributed by atoms with Gasteiger partial charge in [0.1, 0.15) is 23.0 Å². The zero-order valence-electron chi connectivity index (χ0n) is 16.1. The number of aryl methyl sites for hydroxylation is 1. The molecular weight excluding hydrogens is 358 g/mol. The standard InChI is InChI=1S/C21H23N3O4/c1-4-27-19-8-6-5-7-17(19)24-21(25)22-13-18-14(2)28-20(23-18)15-9-11-16(26-3)12-10-15/h5-12H,4,13H2,1-3H3,(H2,22,24,25). The van der Waals surface area contributed by atoms with Gasteiger partial charge in [-0.3, -0.25) is 0 Å². The second-order valence-electron chi connectivity index (χ2n) is 5.99. The minimum Gasteiger partial charge on any atom is -0.497 e. The zero-order chi connectivity index (χ0) is 19.9. The van der Waals surface area contributed by atoms with E-state index in [0.717, 1.165) is 11.3 Å². The van der Waals surface area contributed by atoms with Crippen LogP contribution >= 0.6 is 0 Å². The summed E-state index contributed by atoms with van der Waals surface area (Å²) in [6.07, 6.45) is 0. The van der Waals surface area contributed by atoms with Crippen molar-refractivity contribution in [2.45, 2.75) is 20.4 Å². The number of aromatic nitrogens is 1. The largest absolute Gasteiger partial charge is 0.497 e. The number of nitrogens with one attached hydrogen (secondary N) is 2. The van der Waals surface area contributed by atoms with Crippen molar-refractivity contribution in [3.05, 3.63) is 60.0 Å². The smallest absolute Gasteiger partial charge is 0.319 e. The Labute approximate surface area is 163 Å². The van der Waals surface area contributed by atoms with Gasteiger partial charge < -0.3 is 24.5 Å². The number of nitrogens with zero attached hydrogens (tertiary/aromatic N) is 1. The second kappa shape index (κ2) is 8.94. The highest BCUT2D eigenvalue weighted by atomic mass is 16.5. The number of oxazole rings is 1. The molecule has 0 radical (unpaired) electrons. The van der Waals surface area contributed by atoms with E-state index >= 15 is 0 Å². The summed E-state index contributed by atoms with van der Waals surface area (Å²) in [5, 5.41) is 5.58. The molecule has 0 saturated carbocycles. The lowest BCUT2D eigenvalue weighted by Gasteiger charge is -2.11. The summed E-state index contributed by atoms with van der Waals surface area (Å²) in [5.41, 5.74) is 2.11. The van der Waals surface area contributed by atoms with Crippen LogP contribution in [0.25, 0.3) is 11.5 Å². The van der Waals surface area contributed by atoms with Crippen LogP contribution in [-0.2, 0) is 6.54 Å². The van der Waals surface area contributed by atoms with E-state index in [-0.39, 0.29) is 12.6 Å². The summed E-state index contributed by atoms with van der Waals surface area (Å²) in [5.74, 6) is 2.54. The molecule has 1 aromatic heterocycles. The summed E-state index contributed by atoms with van der Waals surface area (Å²) in [6, 6.07) is 14.4. The molecular formula is C21H23N3O4. The fourth-order valence-electron chi connectivity index (χ4n) is 2.63. The third-order valence-electron chi connectivity index (χ3n) is 4.08. The van der Waals surface area contributed by atoms with Gasteiger partial charge in [0.2, 0.25) is 5.89 Å². The SMILES string of the molecule is CCOc1ccccc1NC(=O)NCc1nc(-c2ccc(OC)cc2)oc1C. The number of urea groups is 1. The number of methoxy groups -OCH3 is 1. The Bertz CT molecular complexity index is 935. The molecule has 0 atom stereocenters. The van der Waals surface area contributed by atoms with Crippen molar-refractivity contribution in [2.75, 3.05) is 19.0 Å². The number of rotatable bonds is 7. The molecule has 0 unspecified atom stereocenters. The summed E-state index contributed by atoms with van der Waals surface area (Å²) >= 11 is 0. The van der Waals surface area contributed by atoms with Crippen LogP contribution in [0.2, 0.25) is 0 Å². The van der Waals surface area contributed by atoms with Gasteiger partial charge >= 0.3 is 6.03 Å². The number of hydrogen-bond donors (Lipinski definition) is 2. The van der Waals surface area contributed by atoms with E-state index < -0.39 is 0 Å². The number of amides is 2. The van der Waals surface area contributed by atoms with Crippen LogP contribution in [0, 0.1) is 6.92 Å². The van der Waals surface area contributed by atoms with E-state index in [1.165, 1.54) is 0 Å². The van der Waals surface area contributed by atoms with Crippen molar-refractivity contribution in [1.29, 1.82) is 0 Å². The third kappa shape index (κ3) is 4.62. The minimum absolute atomic E-state index is 0.244. The summed E-state index contributed by atoms with van der Waals surface area (Å²) in [4.78, 5) is 16.7. The second-order valence-corrected chi connectivity index (χ2v) is 5.99. The summed E-state index contributed by atoms with van der Waals surface area (Å²) < 4.78 is 16.4. The molecule has 2 aromatic carbocycles. The monoisotopic (exact) mass is 381 g/mol. The van der Waals surface area contributed by atoms with Gasteiger partial charge in [0.15, 0.2) is 0 Å². The molecule has 2 amide bonds. The lowest BCUT2D eigenvalue weighted by atomic mass is 10.2. The molecule has 0 aliphatic carbocycles. The summed E-state index contributed by atoms with van der Waals surface area (Å²) in [7, 11) is 1.62. The minimum atomic E-state index is -0.347. The van der Waals surface area contributed by atoms with Crippen LogP contribution in [0.15, 0.2) is 52.9 Å². The van der Waals surface area contributed by atoms with Gasteiger partial charge in [0, 0.05) is 5.56 Å². The van der Waals surface area contributed by atoms with E-state index in [2.05, 4.69) is 15.6 Å². The first-order valence-corrected chi connectivity index (χ1v) is 8.98. The molecule has 28 heavy (non-hydrogen) atoms. The zero-order valence-corrected chi connectivity index (χ0v) is 16.1. The predicted molar refractivity (Wildman–Crippen MR) is 107 cm³/mol. The quantitative estimate of drug-likeness (QED) is 0.634. The number of ether oxygens (including phenoxy) is 2. The number of para-hydroxylation sites is 2. The Kier molecular flexibility index (Phi) is 6.16. The van der Waals surface area contributed by atoms with Crippen LogP contribution in [0.1, 0.15) is 18.4 Å². The van der Waals surface area contributed by atoms with E-state index in [9.17, 15) is 4.79 Å². The maximum Gasteiger partial charge on any atom is 0.319 e. The highest BCUT2D eigenvalue weighted by Crippen LogP contribution is 2.25. The Morgan fingerprint density at radius 1 is 1.14 bits per heavy atom. The number of benzene rings is 2. The topological polar surface area (TPSA) is 85.6 Å². The van der Waals surface area contributed by atoms with Gasteiger partial charge in [-0.25, -0.2) is 9.78 Å². The first kappa shape index (κ1) is 19.3. The van der Waals surface area contributed by atoms with E-state index in [1.807, 2.05) is 56.3 Å². The normalized spacial score (nSPS) is 10.4. The van der Waals surface area contributed by atoms with Gasteiger partial charge in [-0.15, -0.1) is 0 Å². The van der Waals surface area contributed by atoms with Gasteiger partial charge in [0.05, 0.1) is 25.9 Å². The van der Waals surface area contributed by atoms with Gasteiger partial charge in [0.25, 0.3) is 0 Å². The van der Waals surface area contributed by atoms with Crippen LogP contribution in [0.3, 0.4) is 0 Å². The molecule has 3 rings (SSSR count). The first-order chi connectivity index (χ1) is 13.6. The maximum atomic E-state index is 12.3. The van der Waals surface area contributed by atoms with E-state index in [4.69, 9.17) is 13.9 Å². The lowest BCUT2D eigenvalue weighted by Crippen LogP contribution is -2.28. The molecule has 0 fully saturated rings. The Balaban J connectivity index is 1.63. The molecule has 0 saturated heterocycles. The average molecular weight is 381 g/mol. The van der Waals surface area contributed by atoms with E-state index in [0.29, 0.717) is 35.4 Å². The van der Waals surface area contributed by atoms with Crippen molar-refractivity contribution < 1.29 is 18.7 Å². The molecule has 0 aliphatic heterocycles. The molecule has 0 bridgehead atoms. The van der Waals surface area contributed by atoms with Crippen LogP contribution in [0.5, 0.6) is 11.5 Å². The van der Waals surface area contributed by atoms with Gasteiger partial charge in [-0.2, -0.15) is 0 Å². The number of carbonyl (C=O) groups is 1. The van der Waals surface area contributed by atoms with Crippen molar-refractivity contribution in [2.24, 2.45) is 0 Å². The van der Waals surface area contributed by atoms with E-state index in [1.54, 1.807) is 13.2 Å². The van der Waals surface area contributed by atoms with Crippen molar-refractivity contribution in [1.82, 2.24) is 10.3 Å².